The number of rotatable bonds is 3. The highest BCUT2D eigenvalue weighted by Gasteiger charge is 2.15. The van der Waals surface area contributed by atoms with E-state index in [0.29, 0.717) is 0 Å². The molecule has 0 amide bonds. The first-order chi connectivity index (χ1) is 6.01. The van der Waals surface area contributed by atoms with Crippen LogP contribution in [0.15, 0.2) is 24.3 Å². The third-order valence-corrected chi connectivity index (χ3v) is 2.38. The summed E-state index contributed by atoms with van der Waals surface area (Å²) in [5, 5.41) is 8.83. The van der Waals surface area contributed by atoms with Crippen LogP contribution in [-0.4, -0.2) is 13.4 Å². The van der Waals surface area contributed by atoms with Gasteiger partial charge in [-0.25, -0.2) is 0 Å². The second-order valence-corrected chi connectivity index (χ2v) is 8.45. The molecule has 0 unspecified atom stereocenters. The fourth-order valence-corrected chi connectivity index (χ4v) is 1.86. The molecular formula is C10H16O2Si. The van der Waals surface area contributed by atoms with Crippen molar-refractivity contribution in [2.45, 2.75) is 26.2 Å². The van der Waals surface area contributed by atoms with Crippen LogP contribution in [0.4, 0.5) is 0 Å². The quantitative estimate of drug-likeness (QED) is 0.752. The largest absolute Gasteiger partial charge is 0.544 e. The Kier molecular flexibility index (Phi) is 3.11. The van der Waals surface area contributed by atoms with Gasteiger partial charge in [-0.15, -0.1) is 0 Å². The molecule has 1 rings (SSSR count). The Morgan fingerprint density at radius 3 is 2.08 bits per heavy atom. The third kappa shape index (κ3) is 3.61. The van der Waals surface area contributed by atoms with Crippen LogP contribution in [0.5, 0.6) is 5.75 Å². The fourth-order valence-electron chi connectivity index (χ4n) is 1.02. The van der Waals surface area contributed by atoms with E-state index in [9.17, 15) is 0 Å². The lowest BCUT2D eigenvalue weighted by atomic mass is 10.2. The van der Waals surface area contributed by atoms with E-state index in [-0.39, 0.29) is 6.61 Å². The molecule has 1 N–H and O–H groups in total. The average molecular weight is 196 g/mol. The van der Waals surface area contributed by atoms with Crippen LogP contribution >= 0.6 is 0 Å². The molecule has 0 spiro atoms. The smallest absolute Gasteiger partial charge is 0.242 e. The van der Waals surface area contributed by atoms with E-state index in [2.05, 4.69) is 19.6 Å². The van der Waals surface area contributed by atoms with Crippen molar-refractivity contribution in [2.75, 3.05) is 0 Å². The highest BCUT2D eigenvalue weighted by atomic mass is 28.4. The van der Waals surface area contributed by atoms with Crippen molar-refractivity contribution in [3.8, 4) is 5.75 Å². The van der Waals surface area contributed by atoms with Gasteiger partial charge in [0.25, 0.3) is 0 Å². The minimum atomic E-state index is -1.49. The van der Waals surface area contributed by atoms with E-state index < -0.39 is 8.32 Å². The maximum Gasteiger partial charge on any atom is 0.242 e. The molecule has 2 nitrogen and oxygen atoms in total. The molecule has 0 fully saturated rings. The summed E-state index contributed by atoms with van der Waals surface area (Å²) in [5.41, 5.74) is 0.919. The Balaban J connectivity index is 2.70. The molecule has 0 aliphatic rings. The van der Waals surface area contributed by atoms with E-state index >= 15 is 0 Å². The van der Waals surface area contributed by atoms with Gasteiger partial charge in [0.1, 0.15) is 5.75 Å². The van der Waals surface area contributed by atoms with Crippen LogP contribution in [0.3, 0.4) is 0 Å². The van der Waals surface area contributed by atoms with Gasteiger partial charge in [-0.1, -0.05) is 12.1 Å². The van der Waals surface area contributed by atoms with Gasteiger partial charge >= 0.3 is 0 Å². The number of aliphatic hydroxyl groups is 1. The van der Waals surface area contributed by atoms with Crippen LogP contribution in [0.1, 0.15) is 5.56 Å². The van der Waals surface area contributed by atoms with Crippen LogP contribution in [0.25, 0.3) is 0 Å². The van der Waals surface area contributed by atoms with Crippen molar-refractivity contribution in [1.82, 2.24) is 0 Å². The van der Waals surface area contributed by atoms with Crippen molar-refractivity contribution in [3.63, 3.8) is 0 Å². The van der Waals surface area contributed by atoms with E-state index in [0.717, 1.165) is 11.3 Å². The van der Waals surface area contributed by atoms with E-state index in [4.69, 9.17) is 9.53 Å². The normalized spacial score (nSPS) is 11.4. The van der Waals surface area contributed by atoms with Crippen molar-refractivity contribution in [2.24, 2.45) is 0 Å². The minimum absolute atomic E-state index is 0.0905. The highest BCUT2D eigenvalue weighted by Crippen LogP contribution is 2.16. The first kappa shape index (κ1) is 10.3. The van der Waals surface area contributed by atoms with Crippen molar-refractivity contribution in [1.29, 1.82) is 0 Å². The Bertz CT molecular complexity index is 261. The molecule has 1 aromatic rings. The van der Waals surface area contributed by atoms with Gasteiger partial charge in [0, 0.05) is 0 Å². The van der Waals surface area contributed by atoms with Crippen LogP contribution < -0.4 is 4.43 Å². The second kappa shape index (κ2) is 3.94. The summed E-state index contributed by atoms with van der Waals surface area (Å²) >= 11 is 0. The topological polar surface area (TPSA) is 29.5 Å². The molecule has 0 saturated heterocycles. The summed E-state index contributed by atoms with van der Waals surface area (Å²) < 4.78 is 5.76. The molecule has 0 aliphatic heterocycles. The standard InChI is InChI=1S/C10H16O2Si/c1-13(2,3)12-10-6-4-9(8-11)5-7-10/h4-7,11H,8H2,1-3H3. The predicted molar refractivity (Wildman–Crippen MR) is 56.3 cm³/mol. The zero-order chi connectivity index (χ0) is 9.90. The lowest BCUT2D eigenvalue weighted by Gasteiger charge is -2.19. The van der Waals surface area contributed by atoms with E-state index in [1.807, 2.05) is 24.3 Å². The molecule has 1 aromatic carbocycles. The Morgan fingerprint density at radius 2 is 1.69 bits per heavy atom. The Hall–Kier alpha value is -0.803. The van der Waals surface area contributed by atoms with Gasteiger partial charge in [0.15, 0.2) is 0 Å². The van der Waals surface area contributed by atoms with Gasteiger partial charge in [-0.3, -0.25) is 0 Å². The molecule has 3 heteroatoms. The first-order valence-electron chi connectivity index (χ1n) is 4.40. The summed E-state index contributed by atoms with van der Waals surface area (Å²) in [4.78, 5) is 0. The van der Waals surface area contributed by atoms with Crippen molar-refractivity contribution in [3.05, 3.63) is 29.8 Å². The molecule has 0 aromatic heterocycles. The molecule has 0 heterocycles. The van der Waals surface area contributed by atoms with Gasteiger partial charge in [0.2, 0.25) is 8.32 Å². The van der Waals surface area contributed by atoms with Gasteiger partial charge < -0.3 is 9.53 Å². The molecule has 13 heavy (non-hydrogen) atoms. The number of hydrogen-bond donors (Lipinski definition) is 1. The van der Waals surface area contributed by atoms with Crippen LogP contribution in [0.2, 0.25) is 19.6 Å². The zero-order valence-electron chi connectivity index (χ0n) is 8.37. The number of hydrogen-bond acceptors (Lipinski definition) is 2. The summed E-state index contributed by atoms with van der Waals surface area (Å²) in [5.74, 6) is 0.899. The predicted octanol–water partition coefficient (Wildman–Crippen LogP) is 2.39. The number of benzene rings is 1. The Labute approximate surface area is 80.3 Å². The first-order valence-corrected chi connectivity index (χ1v) is 7.81. The second-order valence-electron chi connectivity index (χ2n) is 4.02. The lowest BCUT2D eigenvalue weighted by molar-refractivity contribution is 0.282. The molecule has 0 radical (unpaired) electrons. The fraction of sp³-hybridized carbons (Fsp3) is 0.400. The molecule has 0 bridgehead atoms. The van der Waals surface area contributed by atoms with Crippen molar-refractivity contribution >= 4 is 8.32 Å². The zero-order valence-corrected chi connectivity index (χ0v) is 9.37. The van der Waals surface area contributed by atoms with Crippen molar-refractivity contribution < 1.29 is 9.53 Å². The van der Waals surface area contributed by atoms with Crippen LogP contribution in [-0.2, 0) is 6.61 Å². The molecule has 0 aliphatic carbocycles. The summed E-state index contributed by atoms with van der Waals surface area (Å²) in [7, 11) is -1.49. The summed E-state index contributed by atoms with van der Waals surface area (Å²) in [6.45, 7) is 6.53. The minimum Gasteiger partial charge on any atom is -0.544 e. The molecule has 0 atom stereocenters. The third-order valence-electron chi connectivity index (χ3n) is 1.53. The highest BCUT2D eigenvalue weighted by molar-refractivity contribution is 6.70. The van der Waals surface area contributed by atoms with Gasteiger partial charge in [0.05, 0.1) is 6.61 Å². The monoisotopic (exact) mass is 196 g/mol. The van der Waals surface area contributed by atoms with Gasteiger partial charge in [-0.2, -0.15) is 0 Å². The molecular weight excluding hydrogens is 180 g/mol. The number of aliphatic hydroxyl groups excluding tert-OH is 1. The maximum absolute atomic E-state index is 8.83. The summed E-state index contributed by atoms with van der Waals surface area (Å²) in [6.07, 6.45) is 0. The van der Waals surface area contributed by atoms with E-state index in [1.54, 1.807) is 0 Å². The van der Waals surface area contributed by atoms with E-state index in [1.165, 1.54) is 0 Å². The SMILES string of the molecule is C[Si](C)(C)Oc1ccc(CO)cc1. The average Bonchev–Trinajstić information content (AvgIpc) is 2.03. The summed E-state index contributed by atoms with van der Waals surface area (Å²) in [6, 6.07) is 7.58. The Morgan fingerprint density at radius 1 is 1.15 bits per heavy atom. The lowest BCUT2D eigenvalue weighted by Crippen LogP contribution is -2.29. The van der Waals surface area contributed by atoms with Gasteiger partial charge in [-0.05, 0) is 37.3 Å². The molecule has 0 saturated carbocycles. The molecule has 72 valence electrons. The van der Waals surface area contributed by atoms with Crippen LogP contribution in [0, 0.1) is 0 Å². The maximum atomic E-state index is 8.83.